The minimum Gasteiger partial charge on any atom is -0.287 e. The van der Waals surface area contributed by atoms with E-state index in [9.17, 15) is 4.79 Å². The second-order valence-electron chi connectivity index (χ2n) is 5.47. The van der Waals surface area contributed by atoms with Gasteiger partial charge in [0.2, 0.25) is 12.3 Å². The van der Waals surface area contributed by atoms with Gasteiger partial charge in [0, 0.05) is 22.7 Å². The lowest BCUT2D eigenvalue weighted by Gasteiger charge is -2.02. The van der Waals surface area contributed by atoms with Crippen LogP contribution in [0.25, 0.3) is 0 Å². The number of ketones is 1. The van der Waals surface area contributed by atoms with Gasteiger partial charge in [0.15, 0.2) is 12.4 Å². The van der Waals surface area contributed by atoms with Crippen molar-refractivity contribution in [3.8, 4) is 0 Å². The number of benzene rings is 2. The van der Waals surface area contributed by atoms with E-state index < -0.39 is 0 Å². The van der Waals surface area contributed by atoms with Crippen molar-refractivity contribution in [2.24, 2.45) is 0 Å². The summed E-state index contributed by atoms with van der Waals surface area (Å²) in [6.07, 6.45) is 4.80. The van der Waals surface area contributed by atoms with E-state index in [4.69, 9.17) is 11.6 Å². The van der Waals surface area contributed by atoms with E-state index in [1.54, 1.807) is 24.3 Å². The number of nitrogens with zero attached hydrogens (tertiary/aromatic N) is 1. The molecule has 114 valence electrons. The Kier molecular flexibility index (Phi) is 4.84. The Bertz CT molecular complexity index is 780. The van der Waals surface area contributed by atoms with Crippen molar-refractivity contribution in [3.05, 3.63) is 101 Å². The van der Waals surface area contributed by atoms with Crippen LogP contribution in [0.4, 0.5) is 0 Å². The molecule has 2 aromatic carbocycles. The first-order chi connectivity index (χ1) is 11.2. The summed E-state index contributed by atoms with van der Waals surface area (Å²) in [4.78, 5) is 12.2. The third kappa shape index (κ3) is 4.27. The van der Waals surface area contributed by atoms with Crippen molar-refractivity contribution in [2.75, 3.05) is 0 Å². The zero-order valence-electron chi connectivity index (χ0n) is 12.7. The van der Waals surface area contributed by atoms with Gasteiger partial charge in [0.05, 0.1) is 0 Å². The van der Waals surface area contributed by atoms with Crippen LogP contribution in [0, 0.1) is 0 Å². The zero-order valence-corrected chi connectivity index (χ0v) is 13.4. The summed E-state index contributed by atoms with van der Waals surface area (Å²) in [6, 6.07) is 21.5. The van der Waals surface area contributed by atoms with Crippen LogP contribution in [0.1, 0.15) is 21.5 Å². The second kappa shape index (κ2) is 7.21. The third-order valence-electron chi connectivity index (χ3n) is 3.70. The summed E-state index contributed by atoms with van der Waals surface area (Å²) in [5, 5.41) is 0.638. The molecule has 0 N–H and O–H groups in total. The topological polar surface area (TPSA) is 20.9 Å². The van der Waals surface area contributed by atoms with E-state index in [1.165, 1.54) is 11.1 Å². The van der Waals surface area contributed by atoms with Crippen molar-refractivity contribution in [1.29, 1.82) is 0 Å². The van der Waals surface area contributed by atoms with Crippen molar-refractivity contribution in [2.45, 2.75) is 13.0 Å². The summed E-state index contributed by atoms with van der Waals surface area (Å²) in [7, 11) is 0. The fraction of sp³-hybridized carbons (Fsp3) is 0.100. The summed E-state index contributed by atoms with van der Waals surface area (Å²) in [5.74, 6) is 0.0717. The summed E-state index contributed by atoms with van der Waals surface area (Å²) in [5.41, 5.74) is 3.18. The van der Waals surface area contributed by atoms with E-state index in [0.29, 0.717) is 17.1 Å². The van der Waals surface area contributed by atoms with Crippen molar-refractivity contribution in [3.63, 3.8) is 0 Å². The highest BCUT2D eigenvalue weighted by atomic mass is 35.5. The van der Waals surface area contributed by atoms with Crippen LogP contribution in [0.15, 0.2) is 79.1 Å². The average molecular weight is 323 g/mol. The molecule has 3 heteroatoms. The molecular weight excluding hydrogens is 306 g/mol. The minimum atomic E-state index is 0.0717. The Balaban J connectivity index is 1.65. The highest BCUT2D eigenvalue weighted by molar-refractivity contribution is 6.30. The van der Waals surface area contributed by atoms with Crippen molar-refractivity contribution < 1.29 is 9.36 Å². The molecule has 0 unspecified atom stereocenters. The Morgan fingerprint density at radius 2 is 1.43 bits per heavy atom. The molecule has 2 nitrogen and oxygen atoms in total. The first-order valence-electron chi connectivity index (χ1n) is 7.51. The van der Waals surface area contributed by atoms with Crippen LogP contribution in [0.5, 0.6) is 0 Å². The van der Waals surface area contributed by atoms with Gasteiger partial charge in [0.1, 0.15) is 0 Å². The van der Waals surface area contributed by atoms with Crippen molar-refractivity contribution >= 4 is 17.4 Å². The SMILES string of the molecule is O=C(C[n+]1ccc(Cc2ccccc2)cc1)c1ccc(Cl)cc1. The quantitative estimate of drug-likeness (QED) is 0.512. The maximum atomic E-state index is 12.2. The zero-order chi connectivity index (χ0) is 16.1. The van der Waals surface area contributed by atoms with Crippen LogP contribution in [0.2, 0.25) is 5.02 Å². The minimum absolute atomic E-state index is 0.0717. The highest BCUT2D eigenvalue weighted by Gasteiger charge is 2.12. The van der Waals surface area contributed by atoms with E-state index >= 15 is 0 Å². The molecule has 0 atom stereocenters. The molecule has 3 rings (SSSR count). The first-order valence-corrected chi connectivity index (χ1v) is 7.89. The summed E-state index contributed by atoms with van der Waals surface area (Å²) in [6.45, 7) is 0.327. The predicted molar refractivity (Wildman–Crippen MR) is 91.7 cm³/mol. The maximum Gasteiger partial charge on any atom is 0.227 e. The monoisotopic (exact) mass is 322 g/mol. The van der Waals surface area contributed by atoms with Gasteiger partial charge in [0.25, 0.3) is 0 Å². The number of pyridine rings is 1. The highest BCUT2D eigenvalue weighted by Crippen LogP contribution is 2.10. The number of hydrogen-bond donors (Lipinski definition) is 0. The van der Waals surface area contributed by atoms with Crippen LogP contribution >= 0.6 is 11.6 Å². The average Bonchev–Trinajstić information content (AvgIpc) is 2.58. The normalized spacial score (nSPS) is 10.5. The van der Waals surface area contributed by atoms with Gasteiger partial charge in [-0.3, -0.25) is 4.79 Å². The molecule has 0 aliphatic carbocycles. The molecule has 1 heterocycles. The molecule has 0 saturated carbocycles. The van der Waals surface area contributed by atoms with Gasteiger partial charge in [-0.1, -0.05) is 41.9 Å². The fourth-order valence-electron chi connectivity index (χ4n) is 2.44. The summed E-state index contributed by atoms with van der Waals surface area (Å²) >= 11 is 5.84. The number of halogens is 1. The number of carbonyl (C=O) groups excluding carboxylic acids is 1. The lowest BCUT2D eigenvalue weighted by atomic mass is 10.1. The van der Waals surface area contributed by atoms with Gasteiger partial charge < -0.3 is 0 Å². The molecule has 0 bridgehead atoms. The molecule has 0 fully saturated rings. The van der Waals surface area contributed by atoms with E-state index in [-0.39, 0.29) is 5.78 Å². The molecule has 0 aliphatic heterocycles. The molecule has 0 amide bonds. The molecular formula is C20H17ClNO+. The molecule has 23 heavy (non-hydrogen) atoms. The Morgan fingerprint density at radius 3 is 2.09 bits per heavy atom. The van der Waals surface area contributed by atoms with E-state index in [0.717, 1.165) is 6.42 Å². The van der Waals surface area contributed by atoms with E-state index in [2.05, 4.69) is 24.3 Å². The second-order valence-corrected chi connectivity index (χ2v) is 5.91. The smallest absolute Gasteiger partial charge is 0.227 e. The van der Waals surface area contributed by atoms with E-state index in [1.807, 2.05) is 35.2 Å². The molecule has 0 spiro atoms. The Morgan fingerprint density at radius 1 is 0.826 bits per heavy atom. The van der Waals surface area contributed by atoms with Crippen molar-refractivity contribution in [1.82, 2.24) is 0 Å². The standard InChI is InChI=1S/C20H17ClNO/c21-19-8-6-18(7-9-19)20(23)15-22-12-10-17(11-13-22)14-16-4-2-1-3-5-16/h1-13H,14-15H2/q+1. The Hall–Kier alpha value is -2.45. The molecule has 0 radical (unpaired) electrons. The predicted octanol–water partition coefficient (Wildman–Crippen LogP) is 4.10. The first kappa shape index (κ1) is 15.4. The van der Waals surface area contributed by atoms with Crippen LogP contribution in [-0.2, 0) is 13.0 Å². The van der Waals surface area contributed by atoms with Gasteiger partial charge in [-0.25, -0.2) is 0 Å². The third-order valence-corrected chi connectivity index (χ3v) is 3.96. The van der Waals surface area contributed by atoms with Gasteiger partial charge in [-0.2, -0.15) is 4.57 Å². The number of aromatic nitrogens is 1. The maximum absolute atomic E-state index is 12.2. The fourth-order valence-corrected chi connectivity index (χ4v) is 2.56. The van der Waals surface area contributed by atoms with Crippen LogP contribution in [0.3, 0.4) is 0 Å². The van der Waals surface area contributed by atoms with Crippen LogP contribution in [-0.4, -0.2) is 5.78 Å². The number of hydrogen-bond acceptors (Lipinski definition) is 1. The molecule has 0 aliphatic rings. The number of rotatable bonds is 5. The van der Waals surface area contributed by atoms with Gasteiger partial charge in [-0.15, -0.1) is 0 Å². The molecule has 1 aromatic heterocycles. The summed E-state index contributed by atoms with van der Waals surface area (Å²) < 4.78 is 1.89. The number of carbonyl (C=O) groups is 1. The lowest BCUT2D eigenvalue weighted by molar-refractivity contribution is -0.683. The van der Waals surface area contributed by atoms with Gasteiger partial charge >= 0.3 is 0 Å². The molecule has 3 aromatic rings. The number of Topliss-reactive ketones (excluding diaryl/α,β-unsaturated/α-hetero) is 1. The Labute approximate surface area is 141 Å². The molecule has 0 saturated heterocycles. The lowest BCUT2D eigenvalue weighted by Crippen LogP contribution is -2.37. The van der Waals surface area contributed by atoms with Gasteiger partial charge in [-0.05, 0) is 41.8 Å². The van der Waals surface area contributed by atoms with Crippen LogP contribution < -0.4 is 4.57 Å². The largest absolute Gasteiger partial charge is 0.287 e.